The van der Waals surface area contributed by atoms with E-state index in [0.29, 0.717) is 48.3 Å². The van der Waals surface area contributed by atoms with Crippen molar-refractivity contribution in [2.75, 3.05) is 42.9 Å². The van der Waals surface area contributed by atoms with E-state index in [1.54, 1.807) is 30.5 Å². The number of piperazine rings is 1. The number of amides is 1. The zero-order valence-corrected chi connectivity index (χ0v) is 18.2. The van der Waals surface area contributed by atoms with Crippen LogP contribution < -0.4 is 15.8 Å². The van der Waals surface area contributed by atoms with Gasteiger partial charge >= 0.3 is 0 Å². The number of benzene rings is 2. The standard InChI is InChI=1S/C22H21Cl2N5O2/c23-17-8-4-5-9-18(17)26-20(30)15-27-10-12-28(13-11-27)19-14-25-29(22(31)21(19)24)16-6-2-1-3-7-16/h1-9,14H,10-13,15H2,(H,26,30). The molecule has 4 rings (SSSR count). The molecule has 1 saturated heterocycles. The smallest absolute Gasteiger partial charge is 0.292 e. The summed E-state index contributed by atoms with van der Waals surface area (Å²) in [5, 5.41) is 7.78. The van der Waals surface area contributed by atoms with Crippen molar-refractivity contribution >= 4 is 40.5 Å². The highest BCUT2D eigenvalue weighted by atomic mass is 35.5. The summed E-state index contributed by atoms with van der Waals surface area (Å²) < 4.78 is 1.29. The van der Waals surface area contributed by atoms with Gasteiger partial charge in [-0.25, -0.2) is 0 Å². The van der Waals surface area contributed by atoms with Gasteiger partial charge in [0.25, 0.3) is 5.56 Å². The lowest BCUT2D eigenvalue weighted by Gasteiger charge is -2.35. The molecule has 1 N–H and O–H groups in total. The molecule has 0 bridgehead atoms. The first-order chi connectivity index (χ1) is 15.0. The highest BCUT2D eigenvalue weighted by Crippen LogP contribution is 2.23. The number of anilines is 2. The van der Waals surface area contributed by atoms with Gasteiger partial charge in [0.15, 0.2) is 0 Å². The zero-order valence-electron chi connectivity index (χ0n) is 16.7. The van der Waals surface area contributed by atoms with E-state index in [-0.39, 0.29) is 23.0 Å². The van der Waals surface area contributed by atoms with Crippen molar-refractivity contribution in [2.24, 2.45) is 0 Å². The number of carbonyl (C=O) groups is 1. The normalized spacial score (nSPS) is 14.5. The number of nitrogens with one attached hydrogen (secondary N) is 1. The molecule has 0 aliphatic carbocycles. The summed E-state index contributed by atoms with van der Waals surface area (Å²) in [4.78, 5) is 29.1. The molecule has 1 amide bonds. The Morgan fingerprint density at radius 1 is 0.968 bits per heavy atom. The maximum atomic E-state index is 12.7. The van der Waals surface area contributed by atoms with Crippen LogP contribution in [0.15, 0.2) is 65.6 Å². The minimum absolute atomic E-state index is 0.119. The van der Waals surface area contributed by atoms with Gasteiger partial charge in [-0.3, -0.25) is 14.5 Å². The van der Waals surface area contributed by atoms with E-state index in [0.717, 1.165) is 0 Å². The molecule has 0 atom stereocenters. The minimum atomic E-state index is -0.355. The molecule has 7 nitrogen and oxygen atoms in total. The van der Waals surface area contributed by atoms with Crippen molar-refractivity contribution in [3.05, 3.63) is 81.2 Å². The highest BCUT2D eigenvalue weighted by molar-refractivity contribution is 6.33. The Balaban J connectivity index is 1.38. The maximum absolute atomic E-state index is 12.7. The average molecular weight is 458 g/mol. The van der Waals surface area contributed by atoms with Gasteiger partial charge < -0.3 is 10.2 Å². The first-order valence-corrected chi connectivity index (χ1v) is 10.6. The van der Waals surface area contributed by atoms with Gasteiger partial charge in [0.1, 0.15) is 5.02 Å². The highest BCUT2D eigenvalue weighted by Gasteiger charge is 2.23. The Morgan fingerprint density at radius 3 is 2.35 bits per heavy atom. The molecular formula is C22H21Cl2N5O2. The van der Waals surface area contributed by atoms with Crippen molar-refractivity contribution in [1.82, 2.24) is 14.7 Å². The van der Waals surface area contributed by atoms with Gasteiger partial charge in [-0.15, -0.1) is 0 Å². The molecule has 0 unspecified atom stereocenters. The summed E-state index contributed by atoms with van der Waals surface area (Å²) in [6.07, 6.45) is 1.62. The summed E-state index contributed by atoms with van der Waals surface area (Å²) in [7, 11) is 0. The minimum Gasteiger partial charge on any atom is -0.366 e. The van der Waals surface area contributed by atoms with Gasteiger partial charge in [-0.05, 0) is 24.3 Å². The summed E-state index contributed by atoms with van der Waals surface area (Å²) in [5.41, 5.74) is 1.52. The Hall–Kier alpha value is -2.87. The molecule has 1 aromatic heterocycles. The number of hydrogen-bond acceptors (Lipinski definition) is 5. The second kappa shape index (κ2) is 9.51. The van der Waals surface area contributed by atoms with Crippen molar-refractivity contribution < 1.29 is 4.79 Å². The SMILES string of the molecule is O=C(CN1CCN(c2cnn(-c3ccccc3)c(=O)c2Cl)CC1)Nc1ccccc1Cl. The number of aromatic nitrogens is 2. The molecule has 9 heteroatoms. The Kier molecular flexibility index (Phi) is 6.56. The summed E-state index contributed by atoms with van der Waals surface area (Å²) in [6, 6.07) is 16.3. The molecule has 1 aliphatic heterocycles. The van der Waals surface area contributed by atoms with Gasteiger partial charge in [0.2, 0.25) is 5.91 Å². The lowest BCUT2D eigenvalue weighted by Crippen LogP contribution is -2.49. The van der Waals surface area contributed by atoms with Crippen LogP contribution in [0, 0.1) is 0 Å². The second-order valence-electron chi connectivity index (χ2n) is 7.19. The molecule has 3 aromatic rings. The van der Waals surface area contributed by atoms with Crippen molar-refractivity contribution in [3.8, 4) is 5.69 Å². The summed E-state index contributed by atoms with van der Waals surface area (Å²) in [5.74, 6) is -0.119. The van der Waals surface area contributed by atoms with E-state index in [1.165, 1.54) is 4.68 Å². The summed E-state index contributed by atoms with van der Waals surface area (Å²) in [6.45, 7) is 2.86. The van der Waals surface area contributed by atoms with Crippen LogP contribution in [0.4, 0.5) is 11.4 Å². The van der Waals surface area contributed by atoms with Crippen molar-refractivity contribution in [2.45, 2.75) is 0 Å². The van der Waals surface area contributed by atoms with Gasteiger partial charge in [0.05, 0.1) is 34.8 Å². The lowest BCUT2D eigenvalue weighted by atomic mass is 10.2. The van der Waals surface area contributed by atoms with Crippen molar-refractivity contribution in [3.63, 3.8) is 0 Å². The van der Waals surface area contributed by atoms with E-state index >= 15 is 0 Å². The van der Waals surface area contributed by atoms with Crippen LogP contribution in [0.3, 0.4) is 0 Å². The molecular weight excluding hydrogens is 437 g/mol. The predicted molar refractivity (Wildman–Crippen MR) is 124 cm³/mol. The number of para-hydroxylation sites is 2. The molecule has 1 fully saturated rings. The van der Waals surface area contributed by atoms with E-state index in [2.05, 4.69) is 15.3 Å². The number of carbonyl (C=O) groups excluding carboxylic acids is 1. The molecule has 2 aromatic carbocycles. The molecule has 0 spiro atoms. The Bertz CT molecular complexity index is 1130. The molecule has 0 radical (unpaired) electrons. The summed E-state index contributed by atoms with van der Waals surface area (Å²) >= 11 is 12.5. The largest absolute Gasteiger partial charge is 0.366 e. The molecule has 160 valence electrons. The lowest BCUT2D eigenvalue weighted by molar-refractivity contribution is -0.117. The van der Waals surface area contributed by atoms with Crippen LogP contribution in [0.5, 0.6) is 0 Å². The fourth-order valence-electron chi connectivity index (χ4n) is 3.50. The van der Waals surface area contributed by atoms with Gasteiger partial charge in [-0.2, -0.15) is 9.78 Å². The third kappa shape index (κ3) is 4.90. The monoisotopic (exact) mass is 457 g/mol. The van der Waals surface area contributed by atoms with Gasteiger partial charge in [-0.1, -0.05) is 53.5 Å². The maximum Gasteiger partial charge on any atom is 0.292 e. The fraction of sp³-hybridized carbons (Fsp3) is 0.227. The van der Waals surface area contributed by atoms with E-state index in [9.17, 15) is 9.59 Å². The van der Waals surface area contributed by atoms with E-state index < -0.39 is 0 Å². The van der Waals surface area contributed by atoms with Crippen LogP contribution in [0.25, 0.3) is 5.69 Å². The first-order valence-electron chi connectivity index (χ1n) is 9.88. The third-order valence-electron chi connectivity index (χ3n) is 5.13. The molecule has 0 saturated carbocycles. The average Bonchev–Trinajstić information content (AvgIpc) is 2.78. The van der Waals surface area contributed by atoms with Crippen LogP contribution in [0.2, 0.25) is 10.0 Å². The van der Waals surface area contributed by atoms with Crippen LogP contribution in [0.1, 0.15) is 0 Å². The number of rotatable bonds is 5. The first kappa shape index (κ1) is 21.4. The molecule has 31 heavy (non-hydrogen) atoms. The fourth-order valence-corrected chi connectivity index (χ4v) is 3.93. The quantitative estimate of drug-likeness (QED) is 0.636. The molecule has 1 aliphatic rings. The van der Waals surface area contributed by atoms with Crippen LogP contribution >= 0.6 is 23.2 Å². The van der Waals surface area contributed by atoms with Crippen LogP contribution in [-0.2, 0) is 4.79 Å². The second-order valence-corrected chi connectivity index (χ2v) is 7.97. The zero-order chi connectivity index (χ0) is 21.8. The number of hydrogen-bond donors (Lipinski definition) is 1. The predicted octanol–water partition coefficient (Wildman–Crippen LogP) is 3.30. The van der Waals surface area contributed by atoms with E-state index in [4.69, 9.17) is 23.2 Å². The topological polar surface area (TPSA) is 70.5 Å². The Labute approximate surface area is 189 Å². The van der Waals surface area contributed by atoms with Crippen LogP contribution in [-0.4, -0.2) is 53.3 Å². The van der Waals surface area contributed by atoms with E-state index in [1.807, 2.05) is 35.2 Å². The Morgan fingerprint density at radius 2 is 1.65 bits per heavy atom. The number of nitrogens with zero attached hydrogens (tertiary/aromatic N) is 4. The molecule has 2 heterocycles. The van der Waals surface area contributed by atoms with Gasteiger partial charge in [0, 0.05) is 26.2 Å². The number of halogens is 2. The third-order valence-corrected chi connectivity index (χ3v) is 5.81. The van der Waals surface area contributed by atoms with Crippen molar-refractivity contribution in [1.29, 1.82) is 0 Å².